The molecule has 1 aromatic heterocycles. The molecule has 0 bridgehead atoms. The number of hydrogen-bond donors (Lipinski definition) is 0. The molecule has 0 aliphatic carbocycles. The summed E-state index contributed by atoms with van der Waals surface area (Å²) < 4.78 is 0. The van der Waals surface area contributed by atoms with Crippen molar-refractivity contribution in [3.63, 3.8) is 0 Å². The Kier molecular flexibility index (Phi) is 4.29. The summed E-state index contributed by atoms with van der Waals surface area (Å²) in [5, 5.41) is 1.23. The topological polar surface area (TPSA) is 33.2 Å². The Morgan fingerprint density at radius 3 is 2.82 bits per heavy atom. The van der Waals surface area contributed by atoms with Gasteiger partial charge in [-0.25, -0.2) is 4.98 Å². The molecule has 0 unspecified atom stereocenters. The Bertz CT molecular complexity index is 367. The van der Waals surface area contributed by atoms with E-state index in [2.05, 4.69) is 23.7 Å². The summed E-state index contributed by atoms with van der Waals surface area (Å²) in [6.45, 7) is 6.85. The van der Waals surface area contributed by atoms with Crippen LogP contribution in [0.25, 0.3) is 0 Å². The number of carbonyl (C=O) groups excluding carboxylic acids is 1. The van der Waals surface area contributed by atoms with E-state index in [1.54, 1.807) is 11.3 Å². The van der Waals surface area contributed by atoms with E-state index in [-0.39, 0.29) is 0 Å². The number of rotatable bonds is 4. The van der Waals surface area contributed by atoms with Crippen LogP contribution >= 0.6 is 11.3 Å². The largest absolute Gasteiger partial charge is 0.303 e. The lowest BCUT2D eigenvalue weighted by molar-refractivity contribution is -0.107. The zero-order valence-electron chi connectivity index (χ0n) is 10.6. The van der Waals surface area contributed by atoms with E-state index in [0.29, 0.717) is 18.4 Å². The van der Waals surface area contributed by atoms with E-state index < -0.39 is 0 Å². The second-order valence-electron chi connectivity index (χ2n) is 4.94. The number of aldehydes is 1. The van der Waals surface area contributed by atoms with E-state index in [1.165, 1.54) is 30.9 Å². The first-order valence-corrected chi connectivity index (χ1v) is 7.14. The van der Waals surface area contributed by atoms with Crippen molar-refractivity contribution in [2.75, 3.05) is 13.1 Å². The Balaban J connectivity index is 1.93. The van der Waals surface area contributed by atoms with Crippen LogP contribution in [0.1, 0.15) is 42.5 Å². The first-order chi connectivity index (χ1) is 8.20. The normalized spacial score (nSPS) is 18.8. The lowest BCUT2D eigenvalue weighted by Crippen LogP contribution is -2.37. The van der Waals surface area contributed by atoms with Crippen LogP contribution in [-0.2, 0) is 11.2 Å². The number of nitrogens with zero attached hydrogens (tertiary/aromatic N) is 2. The summed E-state index contributed by atoms with van der Waals surface area (Å²) in [6.07, 6.45) is 5.74. The van der Waals surface area contributed by atoms with Crippen molar-refractivity contribution >= 4 is 17.6 Å². The van der Waals surface area contributed by atoms with Crippen molar-refractivity contribution < 1.29 is 4.79 Å². The lowest BCUT2D eigenvalue weighted by atomic mass is 9.97. The SMILES string of the molecule is CC(C)N1CCC(c2ncc(CC=O)s2)CC1. The molecule has 1 aromatic rings. The quantitative estimate of drug-likeness (QED) is 0.772. The second kappa shape index (κ2) is 5.74. The van der Waals surface area contributed by atoms with Crippen molar-refractivity contribution in [3.8, 4) is 0 Å². The predicted molar refractivity (Wildman–Crippen MR) is 70.6 cm³/mol. The number of thiazole rings is 1. The van der Waals surface area contributed by atoms with Gasteiger partial charge in [0, 0.05) is 29.5 Å². The van der Waals surface area contributed by atoms with Gasteiger partial charge in [0.1, 0.15) is 6.29 Å². The monoisotopic (exact) mass is 252 g/mol. The summed E-state index contributed by atoms with van der Waals surface area (Å²) in [6, 6.07) is 0.651. The summed E-state index contributed by atoms with van der Waals surface area (Å²) in [5.74, 6) is 0.607. The number of piperidine rings is 1. The molecule has 1 saturated heterocycles. The molecule has 0 N–H and O–H groups in total. The highest BCUT2D eigenvalue weighted by molar-refractivity contribution is 7.11. The van der Waals surface area contributed by atoms with Gasteiger partial charge in [0.05, 0.1) is 5.01 Å². The number of likely N-dealkylation sites (tertiary alicyclic amines) is 1. The van der Waals surface area contributed by atoms with Gasteiger partial charge < -0.3 is 9.69 Å². The first-order valence-electron chi connectivity index (χ1n) is 6.33. The average molecular weight is 252 g/mol. The van der Waals surface area contributed by atoms with Gasteiger partial charge in [-0.15, -0.1) is 11.3 Å². The summed E-state index contributed by atoms with van der Waals surface area (Å²) >= 11 is 1.71. The average Bonchev–Trinajstić information content (AvgIpc) is 2.78. The third kappa shape index (κ3) is 3.13. The molecule has 2 rings (SSSR count). The molecule has 0 radical (unpaired) electrons. The number of hydrogen-bond acceptors (Lipinski definition) is 4. The third-order valence-corrected chi connectivity index (χ3v) is 4.65. The minimum atomic E-state index is 0.516. The van der Waals surface area contributed by atoms with Crippen LogP contribution in [0, 0.1) is 0 Å². The van der Waals surface area contributed by atoms with Crippen LogP contribution in [0.15, 0.2) is 6.20 Å². The van der Waals surface area contributed by atoms with Crippen molar-refractivity contribution in [2.45, 2.75) is 45.1 Å². The maximum absolute atomic E-state index is 10.4. The highest BCUT2D eigenvalue weighted by Crippen LogP contribution is 2.31. The molecule has 0 amide bonds. The highest BCUT2D eigenvalue weighted by atomic mass is 32.1. The minimum absolute atomic E-state index is 0.516. The number of carbonyl (C=O) groups is 1. The predicted octanol–water partition coefficient (Wildman–Crippen LogP) is 2.47. The van der Waals surface area contributed by atoms with Crippen LogP contribution in [0.4, 0.5) is 0 Å². The van der Waals surface area contributed by atoms with Gasteiger partial charge >= 0.3 is 0 Å². The molecule has 3 nitrogen and oxygen atoms in total. The maximum Gasteiger partial charge on any atom is 0.125 e. The van der Waals surface area contributed by atoms with E-state index in [0.717, 1.165) is 11.2 Å². The molecule has 4 heteroatoms. The van der Waals surface area contributed by atoms with Crippen molar-refractivity contribution in [2.24, 2.45) is 0 Å². The first kappa shape index (κ1) is 12.7. The van der Waals surface area contributed by atoms with Gasteiger partial charge in [-0.05, 0) is 39.8 Å². The molecule has 1 aliphatic heterocycles. The van der Waals surface area contributed by atoms with Crippen LogP contribution in [0.5, 0.6) is 0 Å². The Labute approximate surface area is 107 Å². The lowest BCUT2D eigenvalue weighted by Gasteiger charge is -2.33. The van der Waals surface area contributed by atoms with Crippen LogP contribution in [0.2, 0.25) is 0 Å². The second-order valence-corrected chi connectivity index (χ2v) is 6.09. The standard InChI is InChI=1S/C13H20N2OS/c1-10(2)15-6-3-11(4-7-15)13-14-9-12(17-13)5-8-16/h8-11H,3-7H2,1-2H3. The molecule has 1 fully saturated rings. The molecule has 2 heterocycles. The number of aromatic nitrogens is 1. The van der Waals surface area contributed by atoms with Gasteiger partial charge in [-0.1, -0.05) is 0 Å². The molecule has 94 valence electrons. The van der Waals surface area contributed by atoms with Gasteiger partial charge in [-0.3, -0.25) is 0 Å². The molecular formula is C13H20N2OS. The van der Waals surface area contributed by atoms with Crippen molar-refractivity contribution in [1.82, 2.24) is 9.88 Å². The molecule has 0 atom stereocenters. The summed E-state index contributed by atoms with van der Waals surface area (Å²) in [4.78, 5) is 18.5. The van der Waals surface area contributed by atoms with E-state index in [1.807, 2.05) is 6.20 Å². The smallest absolute Gasteiger partial charge is 0.125 e. The van der Waals surface area contributed by atoms with Crippen LogP contribution in [-0.4, -0.2) is 35.3 Å². The van der Waals surface area contributed by atoms with Gasteiger partial charge in [0.2, 0.25) is 0 Å². The zero-order chi connectivity index (χ0) is 12.3. The van der Waals surface area contributed by atoms with E-state index in [9.17, 15) is 4.79 Å². The molecule has 0 saturated carbocycles. The Hall–Kier alpha value is -0.740. The van der Waals surface area contributed by atoms with Gasteiger partial charge in [-0.2, -0.15) is 0 Å². The summed E-state index contributed by atoms with van der Waals surface area (Å²) in [5.41, 5.74) is 0. The fourth-order valence-electron chi connectivity index (χ4n) is 2.35. The molecule has 17 heavy (non-hydrogen) atoms. The van der Waals surface area contributed by atoms with Crippen LogP contribution in [0.3, 0.4) is 0 Å². The molecule has 0 aromatic carbocycles. The minimum Gasteiger partial charge on any atom is -0.303 e. The Morgan fingerprint density at radius 1 is 1.53 bits per heavy atom. The van der Waals surface area contributed by atoms with E-state index >= 15 is 0 Å². The van der Waals surface area contributed by atoms with Crippen molar-refractivity contribution in [1.29, 1.82) is 0 Å². The molecule has 1 aliphatic rings. The maximum atomic E-state index is 10.4. The van der Waals surface area contributed by atoms with Crippen molar-refractivity contribution in [3.05, 3.63) is 16.1 Å². The summed E-state index contributed by atoms with van der Waals surface area (Å²) in [7, 11) is 0. The molecule has 0 spiro atoms. The third-order valence-electron chi connectivity index (χ3n) is 3.47. The fraction of sp³-hybridized carbons (Fsp3) is 0.692. The van der Waals surface area contributed by atoms with Gasteiger partial charge in [0.25, 0.3) is 0 Å². The fourth-order valence-corrected chi connectivity index (χ4v) is 3.38. The molecular weight excluding hydrogens is 232 g/mol. The zero-order valence-corrected chi connectivity index (χ0v) is 11.4. The highest BCUT2D eigenvalue weighted by Gasteiger charge is 2.23. The van der Waals surface area contributed by atoms with Crippen LogP contribution < -0.4 is 0 Å². The Morgan fingerprint density at radius 2 is 2.24 bits per heavy atom. The van der Waals surface area contributed by atoms with Gasteiger partial charge in [0.15, 0.2) is 0 Å². The van der Waals surface area contributed by atoms with E-state index in [4.69, 9.17) is 0 Å².